The molecule has 3 rings (SSSR count). The quantitative estimate of drug-likeness (QED) is 0.832. The lowest BCUT2D eigenvalue weighted by Crippen LogP contribution is -2.50. The summed E-state index contributed by atoms with van der Waals surface area (Å²) in [5.41, 5.74) is 1.17. The molecule has 0 aromatic heterocycles. The number of hydrogen-bond donors (Lipinski definition) is 0. The van der Waals surface area contributed by atoms with Crippen molar-refractivity contribution in [3.05, 3.63) is 35.9 Å². The number of likely N-dealkylation sites (N-methyl/N-ethyl adjacent to an activating group) is 1. The number of likely N-dealkylation sites (tertiary alicyclic amines) is 1. The van der Waals surface area contributed by atoms with Crippen LogP contribution in [-0.2, 0) is 14.6 Å². The second-order valence-corrected chi connectivity index (χ2v) is 8.50. The Kier molecular flexibility index (Phi) is 4.23. The van der Waals surface area contributed by atoms with Crippen LogP contribution in [0.25, 0.3) is 0 Å². The summed E-state index contributed by atoms with van der Waals surface area (Å²) in [6.45, 7) is 1.08. The molecule has 5 nitrogen and oxygen atoms in total. The van der Waals surface area contributed by atoms with Gasteiger partial charge in [0.2, 0.25) is 5.91 Å². The molecule has 0 aliphatic carbocycles. The summed E-state index contributed by atoms with van der Waals surface area (Å²) < 4.78 is 23.1. The van der Waals surface area contributed by atoms with E-state index in [9.17, 15) is 13.2 Å². The van der Waals surface area contributed by atoms with Gasteiger partial charge in [-0.3, -0.25) is 9.69 Å². The zero-order chi connectivity index (χ0) is 15.7. The molecule has 120 valence electrons. The molecule has 1 aromatic carbocycles. The Balaban J connectivity index is 1.58. The molecule has 1 amide bonds. The lowest BCUT2D eigenvalue weighted by Gasteiger charge is -2.42. The largest absolute Gasteiger partial charge is 0.334 e. The molecule has 2 heterocycles. The van der Waals surface area contributed by atoms with E-state index in [0.29, 0.717) is 13.0 Å². The van der Waals surface area contributed by atoms with Gasteiger partial charge < -0.3 is 4.90 Å². The molecule has 0 spiro atoms. The number of amides is 1. The van der Waals surface area contributed by atoms with Gasteiger partial charge in [0, 0.05) is 12.6 Å². The Hall–Kier alpha value is -1.40. The zero-order valence-corrected chi connectivity index (χ0v) is 13.6. The fourth-order valence-electron chi connectivity index (χ4n) is 3.26. The van der Waals surface area contributed by atoms with Gasteiger partial charge in [-0.1, -0.05) is 30.3 Å². The molecule has 0 saturated carbocycles. The van der Waals surface area contributed by atoms with Crippen LogP contribution in [0.2, 0.25) is 0 Å². The molecule has 2 atom stereocenters. The normalized spacial score (nSPS) is 26.9. The van der Waals surface area contributed by atoms with Crippen molar-refractivity contribution in [1.82, 2.24) is 9.80 Å². The van der Waals surface area contributed by atoms with Gasteiger partial charge in [-0.05, 0) is 25.5 Å². The SMILES string of the molecule is CN(CC(=O)N1CCC1c1ccccc1)C1CCS(=O)(=O)C1. The summed E-state index contributed by atoms with van der Waals surface area (Å²) in [6.07, 6.45) is 1.63. The number of carbonyl (C=O) groups is 1. The van der Waals surface area contributed by atoms with Crippen LogP contribution >= 0.6 is 0 Å². The molecule has 2 aliphatic heterocycles. The minimum absolute atomic E-state index is 0.0228. The van der Waals surface area contributed by atoms with Gasteiger partial charge in [0.25, 0.3) is 0 Å². The molecule has 2 unspecified atom stereocenters. The predicted octanol–water partition coefficient (Wildman–Crippen LogP) is 1.08. The number of nitrogens with zero attached hydrogens (tertiary/aromatic N) is 2. The monoisotopic (exact) mass is 322 g/mol. The molecule has 22 heavy (non-hydrogen) atoms. The van der Waals surface area contributed by atoms with Crippen molar-refractivity contribution in [3.63, 3.8) is 0 Å². The van der Waals surface area contributed by atoms with Crippen LogP contribution in [0.4, 0.5) is 0 Å². The van der Waals surface area contributed by atoms with Crippen molar-refractivity contribution in [2.45, 2.75) is 24.9 Å². The van der Waals surface area contributed by atoms with Crippen molar-refractivity contribution >= 4 is 15.7 Å². The van der Waals surface area contributed by atoms with E-state index in [4.69, 9.17) is 0 Å². The predicted molar refractivity (Wildman–Crippen MR) is 85.2 cm³/mol. The average Bonchev–Trinajstić information content (AvgIpc) is 2.79. The van der Waals surface area contributed by atoms with Crippen LogP contribution in [0.1, 0.15) is 24.4 Å². The first kappa shape index (κ1) is 15.5. The van der Waals surface area contributed by atoms with E-state index in [1.165, 1.54) is 5.56 Å². The van der Waals surface area contributed by atoms with Crippen LogP contribution < -0.4 is 0 Å². The summed E-state index contributed by atoms with van der Waals surface area (Å²) in [7, 11) is -1.06. The molecule has 0 N–H and O–H groups in total. The van der Waals surface area contributed by atoms with Gasteiger partial charge in [-0.15, -0.1) is 0 Å². The van der Waals surface area contributed by atoms with Crippen molar-refractivity contribution in [2.75, 3.05) is 31.6 Å². The third kappa shape index (κ3) is 3.17. The van der Waals surface area contributed by atoms with E-state index < -0.39 is 9.84 Å². The second-order valence-electron chi connectivity index (χ2n) is 6.27. The van der Waals surface area contributed by atoms with Crippen LogP contribution in [-0.4, -0.2) is 61.8 Å². The lowest BCUT2D eigenvalue weighted by molar-refractivity contribution is -0.140. The van der Waals surface area contributed by atoms with Crippen LogP contribution in [0.3, 0.4) is 0 Å². The Labute approximate surface area is 131 Å². The molecule has 6 heteroatoms. The van der Waals surface area contributed by atoms with Crippen LogP contribution in [0, 0.1) is 0 Å². The van der Waals surface area contributed by atoms with Crippen LogP contribution in [0.5, 0.6) is 0 Å². The van der Waals surface area contributed by atoms with E-state index in [2.05, 4.69) is 12.1 Å². The van der Waals surface area contributed by atoms with Crippen molar-refractivity contribution in [3.8, 4) is 0 Å². The first-order chi connectivity index (χ1) is 10.5. The maximum absolute atomic E-state index is 12.5. The highest BCUT2D eigenvalue weighted by Crippen LogP contribution is 2.33. The van der Waals surface area contributed by atoms with Gasteiger partial charge in [0.15, 0.2) is 9.84 Å². The fraction of sp³-hybridized carbons (Fsp3) is 0.562. The first-order valence-electron chi connectivity index (χ1n) is 7.71. The topological polar surface area (TPSA) is 57.7 Å². The summed E-state index contributed by atoms with van der Waals surface area (Å²) in [4.78, 5) is 16.3. The molecule has 0 radical (unpaired) electrons. The Morgan fingerprint density at radius 1 is 1.27 bits per heavy atom. The third-order valence-electron chi connectivity index (χ3n) is 4.74. The van der Waals surface area contributed by atoms with Crippen LogP contribution in [0.15, 0.2) is 30.3 Å². The summed E-state index contributed by atoms with van der Waals surface area (Å²) in [6, 6.07) is 10.2. The third-order valence-corrected chi connectivity index (χ3v) is 6.49. The smallest absolute Gasteiger partial charge is 0.237 e. The first-order valence-corrected chi connectivity index (χ1v) is 9.53. The Bertz CT molecular complexity index is 645. The maximum Gasteiger partial charge on any atom is 0.237 e. The highest BCUT2D eigenvalue weighted by molar-refractivity contribution is 7.91. The van der Waals surface area contributed by atoms with Gasteiger partial charge in [0.1, 0.15) is 0 Å². The minimum atomic E-state index is -2.91. The molecular formula is C16H22N2O3S. The summed E-state index contributed by atoms with van der Waals surface area (Å²) in [5.74, 6) is 0.512. The molecule has 0 bridgehead atoms. The number of hydrogen-bond acceptors (Lipinski definition) is 4. The highest BCUT2D eigenvalue weighted by atomic mass is 32.2. The number of benzene rings is 1. The Morgan fingerprint density at radius 3 is 2.55 bits per heavy atom. The van der Waals surface area contributed by atoms with Gasteiger partial charge in [-0.25, -0.2) is 8.42 Å². The number of sulfone groups is 1. The lowest BCUT2D eigenvalue weighted by atomic mass is 9.94. The van der Waals surface area contributed by atoms with Gasteiger partial charge in [-0.2, -0.15) is 0 Å². The maximum atomic E-state index is 12.5. The van der Waals surface area contributed by atoms with Gasteiger partial charge in [0.05, 0.1) is 24.1 Å². The highest BCUT2D eigenvalue weighted by Gasteiger charge is 2.36. The standard InChI is InChI=1S/C16H22N2O3S/c1-17(14-8-10-22(20,21)12-14)11-16(19)18-9-7-15(18)13-5-3-2-4-6-13/h2-6,14-15H,7-12H2,1H3. The van der Waals surface area contributed by atoms with Crippen molar-refractivity contribution < 1.29 is 13.2 Å². The molecule has 1 aromatic rings. The summed E-state index contributed by atoms with van der Waals surface area (Å²) >= 11 is 0. The molecule has 2 aliphatic rings. The minimum Gasteiger partial charge on any atom is -0.334 e. The van der Waals surface area contributed by atoms with Crippen molar-refractivity contribution in [2.24, 2.45) is 0 Å². The number of carbonyl (C=O) groups excluding carboxylic acids is 1. The van der Waals surface area contributed by atoms with E-state index in [-0.39, 0.29) is 29.5 Å². The van der Waals surface area contributed by atoms with Gasteiger partial charge >= 0.3 is 0 Å². The van der Waals surface area contributed by atoms with E-state index in [0.717, 1.165) is 13.0 Å². The molecular weight excluding hydrogens is 300 g/mol. The van der Waals surface area contributed by atoms with E-state index >= 15 is 0 Å². The fourth-order valence-corrected chi connectivity index (χ4v) is 5.07. The number of rotatable bonds is 4. The molecule has 2 saturated heterocycles. The molecule has 2 fully saturated rings. The zero-order valence-electron chi connectivity index (χ0n) is 12.8. The van der Waals surface area contributed by atoms with E-state index in [1.54, 1.807) is 0 Å². The van der Waals surface area contributed by atoms with E-state index in [1.807, 2.05) is 35.0 Å². The van der Waals surface area contributed by atoms with Crippen molar-refractivity contribution in [1.29, 1.82) is 0 Å². The Morgan fingerprint density at radius 2 is 2.00 bits per heavy atom. The average molecular weight is 322 g/mol. The summed E-state index contributed by atoms with van der Waals surface area (Å²) in [5, 5.41) is 0. The second kappa shape index (κ2) is 6.01.